The smallest absolute Gasteiger partial charge is 0.309 e. The molecule has 0 aromatic rings. The van der Waals surface area contributed by atoms with Crippen molar-refractivity contribution in [1.29, 1.82) is 0 Å². The molecule has 1 saturated heterocycles. The van der Waals surface area contributed by atoms with Crippen molar-refractivity contribution in [2.75, 3.05) is 19.3 Å². The first kappa shape index (κ1) is 24.5. The highest BCUT2D eigenvalue weighted by atomic mass is 32.2. The molecule has 1 unspecified atom stereocenters. The molecule has 0 aromatic carbocycles. The molecule has 2 fully saturated rings. The van der Waals surface area contributed by atoms with Crippen LogP contribution in [0.3, 0.4) is 0 Å². The van der Waals surface area contributed by atoms with Crippen molar-refractivity contribution in [2.24, 2.45) is 16.9 Å². The zero-order valence-electron chi connectivity index (χ0n) is 17.9. The van der Waals surface area contributed by atoms with Gasteiger partial charge in [0.25, 0.3) is 0 Å². The Balaban J connectivity index is 0.00000190. The Morgan fingerprint density at radius 2 is 1.82 bits per heavy atom. The number of hydrogen-bond acceptors (Lipinski definition) is 5. The standard InChI is InChI=1S/C18H30N4O3S.C2H6/c1-12(2)11-14(19-16(24)13-7-5-4-6-8-13)15(23)17(25)20-21-18-22(3)9-10-26-18;1-2/h12-14H,4-11H2,1-3H3,(H,19,24)(H,20,25);1-2H3/b21-18+;. The Bertz CT molecular complexity index is 560. The molecule has 1 atom stereocenters. The minimum Gasteiger partial charge on any atom is -0.352 e. The van der Waals surface area contributed by atoms with Gasteiger partial charge in [-0.3, -0.25) is 14.4 Å². The summed E-state index contributed by atoms with van der Waals surface area (Å²) < 4.78 is 0. The van der Waals surface area contributed by atoms with E-state index in [0.29, 0.717) is 11.6 Å². The van der Waals surface area contributed by atoms with Gasteiger partial charge in [0, 0.05) is 25.3 Å². The number of hydrazone groups is 1. The molecule has 8 heteroatoms. The van der Waals surface area contributed by atoms with Gasteiger partial charge in [0.1, 0.15) is 0 Å². The number of amidine groups is 1. The molecule has 1 heterocycles. The Morgan fingerprint density at radius 1 is 1.18 bits per heavy atom. The largest absolute Gasteiger partial charge is 0.352 e. The van der Waals surface area contributed by atoms with Gasteiger partial charge in [-0.2, -0.15) is 0 Å². The summed E-state index contributed by atoms with van der Waals surface area (Å²) in [5.41, 5.74) is 2.35. The number of hydrogen-bond donors (Lipinski definition) is 2. The van der Waals surface area contributed by atoms with Crippen molar-refractivity contribution in [3.8, 4) is 0 Å². The molecule has 2 N–H and O–H groups in total. The second-order valence-corrected chi connectivity index (χ2v) is 8.56. The fourth-order valence-electron chi connectivity index (χ4n) is 3.27. The molecule has 7 nitrogen and oxygen atoms in total. The Labute approximate surface area is 173 Å². The van der Waals surface area contributed by atoms with Gasteiger partial charge in [0.15, 0.2) is 5.17 Å². The van der Waals surface area contributed by atoms with Crippen molar-refractivity contribution in [1.82, 2.24) is 15.6 Å². The maximum Gasteiger partial charge on any atom is 0.309 e. The fraction of sp³-hybridized carbons (Fsp3) is 0.800. The molecule has 2 rings (SSSR count). The zero-order valence-corrected chi connectivity index (χ0v) is 18.7. The van der Waals surface area contributed by atoms with Crippen LogP contribution in [0.1, 0.15) is 66.2 Å². The predicted molar refractivity (Wildman–Crippen MR) is 115 cm³/mol. The van der Waals surface area contributed by atoms with Gasteiger partial charge in [-0.05, 0) is 25.2 Å². The lowest BCUT2D eigenvalue weighted by molar-refractivity contribution is -0.140. The lowest BCUT2D eigenvalue weighted by atomic mass is 9.88. The fourth-order valence-corrected chi connectivity index (χ4v) is 4.24. The minimum atomic E-state index is -0.793. The number of carbonyl (C=O) groups excluding carboxylic acids is 3. The monoisotopic (exact) mass is 412 g/mol. The lowest BCUT2D eigenvalue weighted by Gasteiger charge is -2.24. The van der Waals surface area contributed by atoms with Crippen LogP contribution in [0.2, 0.25) is 0 Å². The van der Waals surface area contributed by atoms with E-state index in [1.165, 1.54) is 11.8 Å². The molecule has 2 amide bonds. The second kappa shape index (κ2) is 12.8. The number of amides is 2. The summed E-state index contributed by atoms with van der Waals surface area (Å²) in [5, 5.41) is 7.54. The van der Waals surface area contributed by atoms with E-state index in [1.54, 1.807) is 0 Å². The van der Waals surface area contributed by atoms with Crippen LogP contribution < -0.4 is 10.7 Å². The summed E-state index contributed by atoms with van der Waals surface area (Å²) in [6, 6.07) is -0.793. The van der Waals surface area contributed by atoms with Gasteiger partial charge in [0.05, 0.1) is 6.04 Å². The summed E-state index contributed by atoms with van der Waals surface area (Å²) in [5.74, 6) is -0.448. The van der Waals surface area contributed by atoms with Crippen LogP contribution in [-0.2, 0) is 14.4 Å². The first-order chi connectivity index (χ1) is 13.4. The van der Waals surface area contributed by atoms with Crippen molar-refractivity contribution < 1.29 is 14.4 Å². The first-order valence-electron chi connectivity index (χ1n) is 10.4. The van der Waals surface area contributed by atoms with Gasteiger partial charge in [-0.25, -0.2) is 5.43 Å². The highest BCUT2D eigenvalue weighted by Gasteiger charge is 2.30. The first-order valence-corrected chi connectivity index (χ1v) is 11.4. The molecule has 28 heavy (non-hydrogen) atoms. The van der Waals surface area contributed by atoms with E-state index in [0.717, 1.165) is 44.4 Å². The molecule has 0 radical (unpaired) electrons. The Morgan fingerprint density at radius 3 is 2.36 bits per heavy atom. The number of rotatable bonds is 7. The summed E-state index contributed by atoms with van der Waals surface area (Å²) in [6.45, 7) is 8.80. The molecular formula is C20H36N4O3S. The second-order valence-electron chi connectivity index (χ2n) is 7.50. The molecule has 0 spiro atoms. The number of thioether (sulfide) groups is 1. The number of nitrogens with one attached hydrogen (secondary N) is 2. The van der Waals surface area contributed by atoms with Crippen LogP contribution in [0.25, 0.3) is 0 Å². The van der Waals surface area contributed by atoms with Crippen LogP contribution in [0.5, 0.6) is 0 Å². The van der Waals surface area contributed by atoms with Crippen LogP contribution in [0.15, 0.2) is 5.10 Å². The quantitative estimate of drug-likeness (QED) is 0.496. The van der Waals surface area contributed by atoms with Gasteiger partial charge >= 0.3 is 5.91 Å². The third-order valence-corrected chi connectivity index (χ3v) is 5.83. The van der Waals surface area contributed by atoms with E-state index in [9.17, 15) is 14.4 Å². The maximum absolute atomic E-state index is 12.6. The SMILES string of the molecule is CC.CC(C)CC(NC(=O)C1CCCCC1)C(=O)C(=O)N/N=C1/SCCN1C. The molecule has 1 aliphatic carbocycles. The summed E-state index contributed by atoms with van der Waals surface area (Å²) in [7, 11) is 1.89. The van der Waals surface area contributed by atoms with Crippen molar-refractivity contribution in [2.45, 2.75) is 72.3 Å². The highest BCUT2D eigenvalue weighted by Crippen LogP contribution is 2.24. The van der Waals surface area contributed by atoms with Crippen molar-refractivity contribution in [3.63, 3.8) is 0 Å². The molecule has 0 bridgehead atoms. The molecular weight excluding hydrogens is 376 g/mol. The molecule has 1 aliphatic heterocycles. The highest BCUT2D eigenvalue weighted by molar-refractivity contribution is 8.14. The zero-order chi connectivity index (χ0) is 21.1. The maximum atomic E-state index is 12.6. The lowest BCUT2D eigenvalue weighted by Crippen LogP contribution is -2.49. The van der Waals surface area contributed by atoms with Gasteiger partial charge < -0.3 is 10.2 Å². The van der Waals surface area contributed by atoms with Crippen LogP contribution in [-0.4, -0.2) is 53.1 Å². The molecule has 0 aromatic heterocycles. The van der Waals surface area contributed by atoms with Gasteiger partial charge in [-0.15, -0.1) is 5.10 Å². The van der Waals surface area contributed by atoms with Crippen LogP contribution in [0.4, 0.5) is 0 Å². The molecule has 2 aliphatic rings. The average molecular weight is 413 g/mol. The number of ketones is 1. The van der Waals surface area contributed by atoms with Crippen LogP contribution in [0, 0.1) is 11.8 Å². The average Bonchev–Trinajstić information content (AvgIpc) is 3.11. The Kier molecular flexibility index (Phi) is 11.2. The third kappa shape index (κ3) is 7.81. The number of Topliss-reactive ketones (excluding diaryl/α,β-unsaturated/α-hetero) is 1. The normalized spacial score (nSPS) is 19.8. The van der Waals surface area contributed by atoms with Crippen molar-refractivity contribution >= 4 is 34.5 Å². The number of carbonyl (C=O) groups is 3. The third-order valence-electron chi connectivity index (χ3n) is 4.78. The van der Waals surface area contributed by atoms with Gasteiger partial charge in [-0.1, -0.05) is 58.7 Å². The van der Waals surface area contributed by atoms with E-state index in [1.807, 2.05) is 39.6 Å². The molecule has 1 saturated carbocycles. The topological polar surface area (TPSA) is 90.9 Å². The van der Waals surface area contributed by atoms with Crippen LogP contribution >= 0.6 is 11.8 Å². The summed E-state index contributed by atoms with van der Waals surface area (Å²) >= 11 is 1.53. The minimum absolute atomic E-state index is 0.0435. The summed E-state index contributed by atoms with van der Waals surface area (Å²) in [4.78, 5) is 39.2. The molecule has 160 valence electrons. The van der Waals surface area contributed by atoms with Gasteiger partial charge in [0.2, 0.25) is 11.7 Å². The van der Waals surface area contributed by atoms with E-state index >= 15 is 0 Å². The summed E-state index contributed by atoms with van der Waals surface area (Å²) in [6.07, 6.45) is 5.41. The predicted octanol–water partition coefficient (Wildman–Crippen LogP) is 2.76. The van der Waals surface area contributed by atoms with E-state index < -0.39 is 17.7 Å². The van der Waals surface area contributed by atoms with E-state index in [4.69, 9.17) is 0 Å². The van der Waals surface area contributed by atoms with E-state index in [-0.39, 0.29) is 17.7 Å². The number of nitrogens with zero attached hydrogens (tertiary/aromatic N) is 2. The Hall–Kier alpha value is -1.57. The van der Waals surface area contributed by atoms with E-state index in [2.05, 4.69) is 15.8 Å². The van der Waals surface area contributed by atoms with Crippen molar-refractivity contribution in [3.05, 3.63) is 0 Å².